The maximum atomic E-state index is 2.43. The zero-order valence-electron chi connectivity index (χ0n) is 9.68. The second-order valence-corrected chi connectivity index (χ2v) is 4.99. The largest absolute Gasteiger partial charge is 0.0654 e. The first kappa shape index (κ1) is 11.1. The van der Waals surface area contributed by atoms with Crippen LogP contribution in [0.3, 0.4) is 0 Å². The van der Waals surface area contributed by atoms with Gasteiger partial charge >= 0.3 is 0 Å². The van der Waals surface area contributed by atoms with Crippen molar-refractivity contribution in [3.8, 4) is 0 Å². The predicted octanol–water partition coefficient (Wildman–Crippen LogP) is 4.64. The monoisotopic (exact) mass is 182 g/mol. The molecule has 0 aromatic heterocycles. The molecule has 3 atom stereocenters. The average Bonchev–Trinajstić information content (AvgIpc) is 2.90. The predicted molar refractivity (Wildman–Crippen MR) is 59.8 cm³/mol. The second kappa shape index (κ2) is 5.67. The normalized spacial score (nSPS) is 28.8. The Morgan fingerprint density at radius 1 is 1.15 bits per heavy atom. The van der Waals surface area contributed by atoms with Gasteiger partial charge in [0.25, 0.3) is 0 Å². The van der Waals surface area contributed by atoms with Crippen molar-refractivity contribution in [3.63, 3.8) is 0 Å². The summed E-state index contributed by atoms with van der Waals surface area (Å²) in [7, 11) is 0. The Morgan fingerprint density at radius 3 is 2.46 bits per heavy atom. The van der Waals surface area contributed by atoms with Gasteiger partial charge in [0.15, 0.2) is 0 Å². The van der Waals surface area contributed by atoms with Crippen LogP contribution in [0, 0.1) is 17.8 Å². The molecule has 1 fully saturated rings. The third-order valence-corrected chi connectivity index (χ3v) is 3.67. The maximum absolute atomic E-state index is 2.43. The van der Waals surface area contributed by atoms with Crippen molar-refractivity contribution in [3.05, 3.63) is 0 Å². The average molecular weight is 182 g/mol. The highest BCUT2D eigenvalue weighted by atomic mass is 14.4. The Balaban J connectivity index is 1.93. The molecule has 0 radical (unpaired) electrons. The van der Waals surface area contributed by atoms with Gasteiger partial charge < -0.3 is 0 Å². The summed E-state index contributed by atoms with van der Waals surface area (Å²) in [6, 6.07) is 0. The second-order valence-electron chi connectivity index (χ2n) is 4.99. The topological polar surface area (TPSA) is 0 Å². The molecule has 13 heavy (non-hydrogen) atoms. The Bertz CT molecular complexity index is 128. The van der Waals surface area contributed by atoms with Crippen LogP contribution >= 0.6 is 0 Å². The van der Waals surface area contributed by atoms with Gasteiger partial charge in [-0.1, -0.05) is 52.9 Å². The van der Waals surface area contributed by atoms with Crippen LogP contribution < -0.4 is 0 Å². The quantitative estimate of drug-likeness (QED) is 0.538. The van der Waals surface area contributed by atoms with Crippen LogP contribution in [-0.4, -0.2) is 0 Å². The van der Waals surface area contributed by atoms with Gasteiger partial charge in [-0.2, -0.15) is 0 Å². The van der Waals surface area contributed by atoms with Gasteiger partial charge in [0, 0.05) is 0 Å². The lowest BCUT2D eigenvalue weighted by molar-refractivity contribution is 0.434. The van der Waals surface area contributed by atoms with E-state index in [2.05, 4.69) is 20.8 Å². The van der Waals surface area contributed by atoms with Crippen LogP contribution in [0.4, 0.5) is 0 Å². The van der Waals surface area contributed by atoms with Crippen LogP contribution in [0.5, 0.6) is 0 Å². The zero-order valence-corrected chi connectivity index (χ0v) is 9.68. The van der Waals surface area contributed by atoms with E-state index in [0.717, 1.165) is 17.8 Å². The van der Waals surface area contributed by atoms with Crippen molar-refractivity contribution in [1.29, 1.82) is 0 Å². The minimum absolute atomic E-state index is 0.984. The standard InChI is InChI=1S/C13H26/c1-4-6-7-11(3)8-9-13-10-12(13)5-2/h11-13H,4-10H2,1-3H3. The van der Waals surface area contributed by atoms with E-state index in [0.29, 0.717) is 0 Å². The van der Waals surface area contributed by atoms with Gasteiger partial charge in [0.1, 0.15) is 0 Å². The molecule has 1 saturated carbocycles. The van der Waals surface area contributed by atoms with E-state index >= 15 is 0 Å². The number of hydrogen-bond acceptors (Lipinski definition) is 0. The number of unbranched alkanes of at least 4 members (excludes halogenated alkanes) is 1. The zero-order chi connectivity index (χ0) is 9.68. The molecule has 78 valence electrons. The van der Waals surface area contributed by atoms with Crippen molar-refractivity contribution in [2.24, 2.45) is 17.8 Å². The summed E-state index contributed by atoms with van der Waals surface area (Å²) >= 11 is 0. The van der Waals surface area contributed by atoms with E-state index < -0.39 is 0 Å². The molecule has 0 heterocycles. The van der Waals surface area contributed by atoms with Crippen LogP contribution in [0.15, 0.2) is 0 Å². The van der Waals surface area contributed by atoms with Crippen LogP contribution in [0.1, 0.15) is 65.7 Å². The van der Waals surface area contributed by atoms with Gasteiger partial charge in [-0.05, 0) is 30.6 Å². The summed E-state index contributed by atoms with van der Waals surface area (Å²) in [6.45, 7) is 7.06. The molecule has 0 N–H and O–H groups in total. The molecule has 3 unspecified atom stereocenters. The molecule has 0 saturated heterocycles. The summed E-state index contributed by atoms with van der Waals surface area (Å²) < 4.78 is 0. The van der Waals surface area contributed by atoms with Crippen molar-refractivity contribution < 1.29 is 0 Å². The molecular formula is C13H26. The first-order chi connectivity index (χ1) is 6.27. The lowest BCUT2D eigenvalue weighted by Gasteiger charge is -2.09. The van der Waals surface area contributed by atoms with Gasteiger partial charge in [0.2, 0.25) is 0 Å². The van der Waals surface area contributed by atoms with Gasteiger partial charge in [-0.15, -0.1) is 0 Å². The molecule has 0 bridgehead atoms. The summed E-state index contributed by atoms with van der Waals surface area (Å²) in [5.41, 5.74) is 0. The molecule has 0 amide bonds. The van der Waals surface area contributed by atoms with E-state index in [1.165, 1.54) is 44.9 Å². The van der Waals surface area contributed by atoms with Gasteiger partial charge in [0.05, 0.1) is 0 Å². The number of rotatable bonds is 7. The maximum Gasteiger partial charge on any atom is -0.0383 e. The lowest BCUT2D eigenvalue weighted by Crippen LogP contribution is -1.95. The molecular weight excluding hydrogens is 156 g/mol. The highest BCUT2D eigenvalue weighted by Gasteiger charge is 2.34. The van der Waals surface area contributed by atoms with Crippen molar-refractivity contribution in [2.45, 2.75) is 65.7 Å². The minimum Gasteiger partial charge on any atom is -0.0654 e. The highest BCUT2D eigenvalue weighted by Crippen LogP contribution is 2.44. The summed E-state index contributed by atoms with van der Waals surface area (Å²) in [4.78, 5) is 0. The Hall–Kier alpha value is 0. The van der Waals surface area contributed by atoms with Crippen LogP contribution in [0.2, 0.25) is 0 Å². The summed E-state index contributed by atoms with van der Waals surface area (Å²) in [6.07, 6.45) is 10.2. The van der Waals surface area contributed by atoms with Crippen molar-refractivity contribution in [2.75, 3.05) is 0 Å². The van der Waals surface area contributed by atoms with E-state index in [1.807, 2.05) is 0 Å². The van der Waals surface area contributed by atoms with Crippen LogP contribution in [-0.2, 0) is 0 Å². The third-order valence-electron chi connectivity index (χ3n) is 3.67. The molecule has 1 aliphatic carbocycles. The van der Waals surface area contributed by atoms with Gasteiger partial charge in [-0.3, -0.25) is 0 Å². The lowest BCUT2D eigenvalue weighted by atomic mass is 9.97. The summed E-state index contributed by atoms with van der Waals surface area (Å²) in [5, 5.41) is 0. The molecule has 0 aromatic rings. The Morgan fingerprint density at radius 2 is 1.92 bits per heavy atom. The molecule has 0 aliphatic heterocycles. The van der Waals surface area contributed by atoms with Gasteiger partial charge in [-0.25, -0.2) is 0 Å². The molecule has 0 heteroatoms. The SMILES string of the molecule is CCCCC(C)CCC1CC1CC. The fourth-order valence-electron chi connectivity index (χ4n) is 2.36. The smallest absolute Gasteiger partial charge is 0.0383 e. The fraction of sp³-hybridized carbons (Fsp3) is 1.00. The molecule has 0 spiro atoms. The van der Waals surface area contributed by atoms with Crippen molar-refractivity contribution >= 4 is 0 Å². The van der Waals surface area contributed by atoms with E-state index in [1.54, 1.807) is 0 Å². The highest BCUT2D eigenvalue weighted by molar-refractivity contribution is 4.84. The summed E-state index contributed by atoms with van der Waals surface area (Å²) in [5.74, 6) is 3.21. The van der Waals surface area contributed by atoms with Crippen LogP contribution in [0.25, 0.3) is 0 Å². The Kier molecular flexibility index (Phi) is 4.83. The Labute approximate surface area is 84.1 Å². The first-order valence-corrected chi connectivity index (χ1v) is 6.27. The molecule has 1 aliphatic rings. The first-order valence-electron chi connectivity index (χ1n) is 6.27. The fourth-order valence-corrected chi connectivity index (χ4v) is 2.36. The molecule has 1 rings (SSSR count). The van der Waals surface area contributed by atoms with E-state index in [-0.39, 0.29) is 0 Å². The third kappa shape index (κ3) is 4.15. The minimum atomic E-state index is 0.984. The molecule has 0 nitrogen and oxygen atoms in total. The number of hydrogen-bond donors (Lipinski definition) is 0. The van der Waals surface area contributed by atoms with E-state index in [4.69, 9.17) is 0 Å². The molecule has 0 aromatic carbocycles. The van der Waals surface area contributed by atoms with Crippen molar-refractivity contribution in [1.82, 2.24) is 0 Å². The van der Waals surface area contributed by atoms with E-state index in [9.17, 15) is 0 Å².